The molecule has 2 heterocycles. The van der Waals surface area contributed by atoms with Crippen LogP contribution in [0.25, 0.3) is 10.9 Å². The van der Waals surface area contributed by atoms with Gasteiger partial charge in [-0.2, -0.15) is 13.2 Å². The van der Waals surface area contributed by atoms with Crippen molar-refractivity contribution in [2.24, 2.45) is 5.73 Å². The Morgan fingerprint density at radius 3 is 2.48 bits per heavy atom. The molecule has 4 rings (SSSR count). The van der Waals surface area contributed by atoms with Crippen molar-refractivity contribution in [1.82, 2.24) is 14.5 Å². The van der Waals surface area contributed by atoms with Crippen molar-refractivity contribution in [3.05, 3.63) is 71.8 Å². The zero-order chi connectivity index (χ0) is 29.6. The van der Waals surface area contributed by atoms with E-state index in [0.29, 0.717) is 36.4 Å². The second-order valence-electron chi connectivity index (χ2n) is 9.50. The minimum Gasteiger partial charge on any atom is -0.368 e. The molecule has 0 radical (unpaired) electrons. The number of aromatic nitrogens is 2. The Morgan fingerprint density at radius 2 is 1.85 bits per heavy atom. The van der Waals surface area contributed by atoms with Gasteiger partial charge in [0.15, 0.2) is 9.84 Å². The first-order chi connectivity index (χ1) is 18.7. The van der Waals surface area contributed by atoms with Crippen LogP contribution >= 0.6 is 23.2 Å². The number of alkyl halides is 3. The number of benzene rings is 2. The maximum absolute atomic E-state index is 14.3. The Bertz CT molecular complexity index is 1720. The molecular weight excluding hydrogens is 596 g/mol. The molecule has 1 aromatic heterocycles. The molecule has 40 heavy (non-hydrogen) atoms. The summed E-state index contributed by atoms with van der Waals surface area (Å²) in [6.07, 6.45) is -3.24. The van der Waals surface area contributed by atoms with Crippen molar-refractivity contribution in [1.29, 1.82) is 0 Å². The highest BCUT2D eigenvalue weighted by molar-refractivity contribution is 7.91. The number of carbonyl (C=O) groups is 1. The highest BCUT2D eigenvalue weighted by atomic mass is 35.5. The quantitative estimate of drug-likeness (QED) is 0.413. The fraction of sp³-hybridized carbons (Fsp3) is 0.400. The van der Waals surface area contributed by atoms with E-state index in [-0.39, 0.29) is 33.3 Å². The highest BCUT2D eigenvalue weighted by Crippen LogP contribution is 2.39. The molecule has 1 amide bonds. The minimum atomic E-state index is -4.94. The van der Waals surface area contributed by atoms with Gasteiger partial charge in [-0.25, -0.2) is 13.2 Å². The highest BCUT2D eigenvalue weighted by Gasteiger charge is 2.38. The molecule has 1 atom stereocenters. The van der Waals surface area contributed by atoms with Crippen LogP contribution in [-0.4, -0.2) is 47.1 Å². The number of piperidine rings is 1. The summed E-state index contributed by atoms with van der Waals surface area (Å²) in [6, 6.07) is 3.66. The average Bonchev–Trinajstić information content (AvgIpc) is 2.87. The van der Waals surface area contributed by atoms with Gasteiger partial charge >= 0.3 is 11.9 Å². The lowest BCUT2D eigenvalue weighted by atomic mass is 9.98. The van der Waals surface area contributed by atoms with Crippen LogP contribution in [0.3, 0.4) is 0 Å². The Morgan fingerprint density at radius 1 is 1.15 bits per heavy atom. The van der Waals surface area contributed by atoms with Gasteiger partial charge in [-0.3, -0.25) is 19.1 Å². The van der Waals surface area contributed by atoms with Crippen molar-refractivity contribution >= 4 is 49.8 Å². The number of likely N-dealkylation sites (tertiary alicyclic amines) is 1. The standard InChI is InChI=1S/C25H25Cl2F3N4O5S/c1-2-40(38,39)19-7-6-14(26)9-13(19)11-34-23(36)15-10-17(25(28,29)30)16(20(27)21(15)32-24(34)37)12-33-8-4-3-5-18(33)22(31)35/h6-7,9-10,18H,2-5,8,11-12H2,1H3,(H2,31,35)(H,32,37)/t18-/m1/s1. The molecule has 15 heteroatoms. The number of halogens is 5. The summed E-state index contributed by atoms with van der Waals surface area (Å²) in [4.78, 5) is 42.1. The predicted molar refractivity (Wildman–Crippen MR) is 144 cm³/mol. The van der Waals surface area contributed by atoms with Gasteiger partial charge < -0.3 is 10.7 Å². The molecule has 3 N–H and O–H groups in total. The molecular formula is C25H25Cl2F3N4O5S. The summed E-state index contributed by atoms with van der Waals surface area (Å²) in [5.41, 5.74) is 1.44. The monoisotopic (exact) mass is 620 g/mol. The van der Waals surface area contributed by atoms with E-state index >= 15 is 0 Å². The number of nitrogens with one attached hydrogen (secondary N) is 1. The number of amides is 1. The first kappa shape index (κ1) is 30.1. The first-order valence-electron chi connectivity index (χ1n) is 12.3. The topological polar surface area (TPSA) is 135 Å². The van der Waals surface area contributed by atoms with Gasteiger partial charge in [0.25, 0.3) is 5.56 Å². The number of H-pyrrole nitrogens is 1. The Labute approximate surface area is 236 Å². The summed E-state index contributed by atoms with van der Waals surface area (Å²) in [5, 5.41) is -0.876. The lowest BCUT2D eigenvalue weighted by Gasteiger charge is -2.34. The Balaban J connectivity index is 1.91. The van der Waals surface area contributed by atoms with Crippen LogP contribution in [0.15, 0.2) is 38.8 Å². The second kappa shape index (κ2) is 11.2. The van der Waals surface area contributed by atoms with Crippen LogP contribution in [0.5, 0.6) is 0 Å². The summed E-state index contributed by atoms with van der Waals surface area (Å²) in [6.45, 7) is 0.758. The van der Waals surface area contributed by atoms with Crippen molar-refractivity contribution in [2.45, 2.75) is 56.4 Å². The minimum absolute atomic E-state index is 0.0163. The number of fused-ring (bicyclic) bond motifs is 1. The summed E-state index contributed by atoms with van der Waals surface area (Å²) < 4.78 is 68.5. The Hall–Kier alpha value is -2.87. The van der Waals surface area contributed by atoms with E-state index in [1.54, 1.807) is 0 Å². The molecule has 1 fully saturated rings. The first-order valence-corrected chi connectivity index (χ1v) is 14.7. The normalized spacial score (nSPS) is 16.9. The van der Waals surface area contributed by atoms with E-state index in [0.717, 1.165) is 0 Å². The van der Waals surface area contributed by atoms with Crippen molar-refractivity contribution in [3.8, 4) is 0 Å². The van der Waals surface area contributed by atoms with E-state index in [9.17, 15) is 36.0 Å². The average molecular weight is 621 g/mol. The molecule has 0 saturated carbocycles. The fourth-order valence-corrected chi connectivity index (χ4v) is 6.57. The van der Waals surface area contributed by atoms with E-state index in [2.05, 4.69) is 4.98 Å². The van der Waals surface area contributed by atoms with Crippen molar-refractivity contribution in [3.63, 3.8) is 0 Å². The van der Waals surface area contributed by atoms with Crippen LogP contribution in [0.1, 0.15) is 42.9 Å². The van der Waals surface area contributed by atoms with Crippen LogP contribution in [0.4, 0.5) is 13.2 Å². The number of hydrogen-bond acceptors (Lipinski definition) is 6. The van der Waals surface area contributed by atoms with Crippen LogP contribution in [0.2, 0.25) is 10.0 Å². The third-order valence-corrected chi connectivity index (χ3v) is 9.48. The maximum Gasteiger partial charge on any atom is 0.416 e. The van der Waals surface area contributed by atoms with Gasteiger partial charge in [-0.05, 0) is 54.8 Å². The van der Waals surface area contributed by atoms with Crippen molar-refractivity contribution < 1.29 is 26.4 Å². The number of rotatable bonds is 7. The predicted octanol–water partition coefficient (Wildman–Crippen LogP) is 3.70. The van der Waals surface area contributed by atoms with Gasteiger partial charge in [-0.1, -0.05) is 36.5 Å². The van der Waals surface area contributed by atoms with E-state index in [4.69, 9.17) is 28.9 Å². The molecule has 2 aromatic carbocycles. The van der Waals surface area contributed by atoms with Crippen LogP contribution < -0.4 is 17.0 Å². The van der Waals surface area contributed by atoms with Gasteiger partial charge in [0.05, 0.1) is 44.7 Å². The van der Waals surface area contributed by atoms with Gasteiger partial charge in [0, 0.05) is 11.6 Å². The van der Waals surface area contributed by atoms with E-state index in [1.165, 1.54) is 30.0 Å². The van der Waals surface area contributed by atoms with Gasteiger partial charge in [-0.15, -0.1) is 0 Å². The molecule has 3 aromatic rings. The Kier molecular flexibility index (Phi) is 8.42. The lowest BCUT2D eigenvalue weighted by molar-refractivity contribution is -0.138. The molecule has 0 unspecified atom stereocenters. The third-order valence-electron chi connectivity index (χ3n) is 7.00. The number of carbonyl (C=O) groups excluding carboxylic acids is 1. The largest absolute Gasteiger partial charge is 0.416 e. The molecule has 1 aliphatic heterocycles. The lowest BCUT2D eigenvalue weighted by Crippen LogP contribution is -2.47. The zero-order valence-corrected chi connectivity index (χ0v) is 23.5. The van der Waals surface area contributed by atoms with Crippen molar-refractivity contribution in [2.75, 3.05) is 12.3 Å². The van der Waals surface area contributed by atoms with Gasteiger partial charge in [0.2, 0.25) is 5.91 Å². The summed E-state index contributed by atoms with van der Waals surface area (Å²) in [5.74, 6) is -0.946. The number of sulfone groups is 1. The fourth-order valence-electron chi connectivity index (χ4n) is 4.95. The maximum atomic E-state index is 14.3. The van der Waals surface area contributed by atoms with E-state index in [1.807, 2.05) is 0 Å². The van der Waals surface area contributed by atoms with Crippen LogP contribution in [0, 0.1) is 0 Å². The smallest absolute Gasteiger partial charge is 0.368 e. The summed E-state index contributed by atoms with van der Waals surface area (Å²) in [7, 11) is -3.79. The second-order valence-corrected chi connectivity index (χ2v) is 12.6. The van der Waals surface area contributed by atoms with Crippen LogP contribution in [-0.2, 0) is 33.9 Å². The summed E-state index contributed by atoms with van der Waals surface area (Å²) >= 11 is 12.4. The molecule has 0 spiro atoms. The molecule has 1 aliphatic rings. The number of aromatic amines is 1. The SMILES string of the molecule is CCS(=O)(=O)c1ccc(Cl)cc1Cn1c(=O)[nH]c2c(Cl)c(CN3CCCC[C@@H]3C(N)=O)c(C(F)(F)F)cc2c1=O. The third kappa shape index (κ3) is 5.78. The van der Waals surface area contributed by atoms with E-state index < -0.39 is 67.3 Å². The number of primary amides is 1. The molecule has 1 saturated heterocycles. The number of nitrogens with two attached hydrogens (primary N) is 1. The molecule has 0 aliphatic carbocycles. The molecule has 9 nitrogen and oxygen atoms in total. The molecule has 0 bridgehead atoms. The van der Waals surface area contributed by atoms with Gasteiger partial charge in [0.1, 0.15) is 0 Å². The number of nitrogens with zero attached hydrogens (tertiary/aromatic N) is 2. The molecule has 216 valence electrons. The number of hydrogen-bond donors (Lipinski definition) is 2. The zero-order valence-electron chi connectivity index (χ0n) is 21.1.